The van der Waals surface area contributed by atoms with Gasteiger partial charge in [0.05, 0.1) is 12.2 Å². The summed E-state index contributed by atoms with van der Waals surface area (Å²) < 4.78 is 24.9. The molecular weight excluding hydrogens is 274 g/mol. The number of hydrogen-bond donors (Lipinski definition) is 3. The molecule has 9 heteroatoms. The predicted octanol–water partition coefficient (Wildman–Crippen LogP) is -0.568. The Labute approximate surface area is 113 Å². The van der Waals surface area contributed by atoms with Gasteiger partial charge in [0.2, 0.25) is 10.0 Å². The Kier molecular flexibility index (Phi) is 8.08. The van der Waals surface area contributed by atoms with Crippen molar-refractivity contribution in [3.63, 3.8) is 0 Å². The fourth-order valence-electron chi connectivity index (χ4n) is 1.33. The Balaban J connectivity index is 4.10. The predicted molar refractivity (Wildman–Crippen MR) is 70.4 cm³/mol. The first kappa shape index (κ1) is 17.6. The van der Waals surface area contributed by atoms with Gasteiger partial charge < -0.3 is 15.3 Å². The minimum atomic E-state index is -3.36. The number of aliphatic carboxylic acids is 1. The van der Waals surface area contributed by atoms with Gasteiger partial charge in [0, 0.05) is 26.2 Å². The van der Waals surface area contributed by atoms with Crippen molar-refractivity contribution in [1.29, 1.82) is 0 Å². The Morgan fingerprint density at radius 3 is 2.37 bits per heavy atom. The number of amides is 2. The fourth-order valence-corrected chi connectivity index (χ4v) is 2.29. The van der Waals surface area contributed by atoms with Crippen molar-refractivity contribution in [1.82, 2.24) is 14.9 Å². The zero-order valence-electron chi connectivity index (χ0n) is 11.2. The monoisotopic (exact) mass is 295 g/mol. The largest absolute Gasteiger partial charge is 0.481 e. The van der Waals surface area contributed by atoms with Gasteiger partial charge in [-0.3, -0.25) is 4.79 Å². The Bertz CT molecular complexity index is 396. The minimum Gasteiger partial charge on any atom is -0.481 e. The van der Waals surface area contributed by atoms with Crippen LogP contribution in [0.2, 0.25) is 0 Å². The van der Waals surface area contributed by atoms with Crippen molar-refractivity contribution in [3.05, 3.63) is 0 Å². The summed E-state index contributed by atoms with van der Waals surface area (Å²) in [4.78, 5) is 23.4. The van der Waals surface area contributed by atoms with E-state index in [1.54, 1.807) is 13.8 Å². The summed E-state index contributed by atoms with van der Waals surface area (Å²) in [5.74, 6) is -1.19. The summed E-state index contributed by atoms with van der Waals surface area (Å²) in [5, 5.41) is 11.0. The van der Waals surface area contributed by atoms with E-state index in [1.165, 1.54) is 4.90 Å². The maximum Gasteiger partial charge on any atom is 0.317 e. The van der Waals surface area contributed by atoms with Crippen molar-refractivity contribution in [2.24, 2.45) is 0 Å². The lowest BCUT2D eigenvalue weighted by Gasteiger charge is -2.20. The molecule has 0 fully saturated rings. The van der Waals surface area contributed by atoms with Crippen LogP contribution in [0, 0.1) is 0 Å². The molecule has 0 aliphatic rings. The van der Waals surface area contributed by atoms with E-state index in [9.17, 15) is 18.0 Å². The molecule has 0 aromatic heterocycles. The highest BCUT2D eigenvalue weighted by molar-refractivity contribution is 7.89. The lowest BCUT2D eigenvalue weighted by atomic mass is 10.4. The van der Waals surface area contributed by atoms with Gasteiger partial charge in [0.1, 0.15) is 0 Å². The van der Waals surface area contributed by atoms with Crippen molar-refractivity contribution >= 4 is 22.0 Å². The molecule has 19 heavy (non-hydrogen) atoms. The molecular formula is C10H21N3O5S. The number of hydrogen-bond acceptors (Lipinski definition) is 4. The lowest BCUT2D eigenvalue weighted by Crippen LogP contribution is -2.43. The fraction of sp³-hybridized carbons (Fsp3) is 0.800. The third-order valence-corrected chi connectivity index (χ3v) is 3.75. The van der Waals surface area contributed by atoms with Gasteiger partial charge in [-0.25, -0.2) is 17.9 Å². The van der Waals surface area contributed by atoms with Gasteiger partial charge in [0.25, 0.3) is 0 Å². The highest BCUT2D eigenvalue weighted by Crippen LogP contribution is 1.93. The maximum absolute atomic E-state index is 11.6. The molecule has 3 N–H and O–H groups in total. The van der Waals surface area contributed by atoms with E-state index >= 15 is 0 Å². The molecule has 112 valence electrons. The SMILES string of the molecule is CCNS(=O)(=O)CCNC(=O)N(CC)CCC(=O)O. The third kappa shape index (κ3) is 8.38. The second kappa shape index (κ2) is 8.70. The summed E-state index contributed by atoms with van der Waals surface area (Å²) in [6.07, 6.45) is -0.142. The molecule has 0 aromatic carbocycles. The molecule has 0 atom stereocenters. The Morgan fingerprint density at radius 2 is 1.89 bits per heavy atom. The van der Waals surface area contributed by atoms with Gasteiger partial charge in [-0.2, -0.15) is 0 Å². The molecule has 0 aliphatic heterocycles. The average molecular weight is 295 g/mol. The van der Waals surface area contributed by atoms with E-state index in [-0.39, 0.29) is 25.3 Å². The number of carboxylic acid groups (broad SMARTS) is 1. The third-order valence-electron chi connectivity index (χ3n) is 2.28. The Hall–Kier alpha value is -1.35. The summed E-state index contributed by atoms with van der Waals surface area (Å²) in [6, 6.07) is -0.463. The van der Waals surface area contributed by atoms with Crippen LogP contribution in [0.15, 0.2) is 0 Å². The number of rotatable bonds is 9. The van der Waals surface area contributed by atoms with Gasteiger partial charge in [-0.15, -0.1) is 0 Å². The minimum absolute atomic E-state index is 0.0161. The van der Waals surface area contributed by atoms with Crippen LogP contribution in [-0.2, 0) is 14.8 Å². The average Bonchev–Trinajstić information content (AvgIpc) is 2.28. The van der Waals surface area contributed by atoms with Crippen LogP contribution in [0.3, 0.4) is 0 Å². The van der Waals surface area contributed by atoms with Crippen molar-refractivity contribution in [3.8, 4) is 0 Å². The second-order valence-electron chi connectivity index (χ2n) is 3.77. The standard InChI is InChI=1S/C10H21N3O5S/c1-3-12-19(17,18)8-6-11-10(16)13(4-2)7-5-9(14)15/h12H,3-8H2,1-2H3,(H,11,16)(H,14,15). The normalized spacial score (nSPS) is 11.1. The second-order valence-corrected chi connectivity index (χ2v) is 5.70. The van der Waals surface area contributed by atoms with Crippen LogP contribution >= 0.6 is 0 Å². The van der Waals surface area contributed by atoms with Crippen molar-refractivity contribution in [2.45, 2.75) is 20.3 Å². The van der Waals surface area contributed by atoms with Crippen LogP contribution < -0.4 is 10.0 Å². The topological polar surface area (TPSA) is 116 Å². The van der Waals surface area contributed by atoms with Crippen LogP contribution in [0.25, 0.3) is 0 Å². The van der Waals surface area contributed by atoms with Gasteiger partial charge >= 0.3 is 12.0 Å². The van der Waals surface area contributed by atoms with Crippen LogP contribution in [-0.4, -0.2) is 62.4 Å². The maximum atomic E-state index is 11.6. The summed E-state index contributed by atoms with van der Waals surface area (Å²) in [7, 11) is -3.36. The van der Waals surface area contributed by atoms with Crippen molar-refractivity contribution < 1.29 is 23.1 Å². The zero-order chi connectivity index (χ0) is 14.9. The molecule has 0 radical (unpaired) electrons. The summed E-state index contributed by atoms with van der Waals surface area (Å²) in [6.45, 7) is 4.13. The molecule has 0 bridgehead atoms. The van der Waals surface area contributed by atoms with E-state index in [0.29, 0.717) is 13.1 Å². The Morgan fingerprint density at radius 1 is 1.26 bits per heavy atom. The number of urea groups is 1. The number of carboxylic acids is 1. The number of nitrogens with zero attached hydrogens (tertiary/aromatic N) is 1. The van der Waals surface area contributed by atoms with Crippen molar-refractivity contribution in [2.75, 3.05) is 31.9 Å². The molecule has 0 aliphatic carbocycles. The van der Waals surface area contributed by atoms with Crippen LogP contribution in [0.1, 0.15) is 20.3 Å². The van der Waals surface area contributed by atoms with E-state index in [4.69, 9.17) is 5.11 Å². The number of carbonyl (C=O) groups excluding carboxylic acids is 1. The summed E-state index contributed by atoms with van der Waals surface area (Å²) >= 11 is 0. The molecule has 0 saturated carbocycles. The van der Waals surface area contributed by atoms with E-state index in [0.717, 1.165) is 0 Å². The lowest BCUT2D eigenvalue weighted by molar-refractivity contribution is -0.137. The van der Waals surface area contributed by atoms with E-state index in [2.05, 4.69) is 10.0 Å². The molecule has 0 spiro atoms. The first-order valence-electron chi connectivity index (χ1n) is 6.04. The number of carbonyl (C=O) groups is 2. The van der Waals surface area contributed by atoms with E-state index < -0.39 is 22.0 Å². The molecule has 0 aromatic rings. The quantitative estimate of drug-likeness (QED) is 0.527. The molecule has 0 saturated heterocycles. The van der Waals surface area contributed by atoms with E-state index in [1.807, 2.05) is 0 Å². The number of sulfonamides is 1. The molecule has 2 amide bonds. The summed E-state index contributed by atoms with van der Waals surface area (Å²) in [5.41, 5.74) is 0. The number of nitrogens with one attached hydrogen (secondary N) is 2. The molecule has 0 heterocycles. The van der Waals surface area contributed by atoms with Crippen LogP contribution in [0.4, 0.5) is 4.79 Å². The molecule has 0 unspecified atom stereocenters. The van der Waals surface area contributed by atoms with Gasteiger partial charge in [0.15, 0.2) is 0 Å². The zero-order valence-corrected chi connectivity index (χ0v) is 12.0. The van der Waals surface area contributed by atoms with Crippen LogP contribution in [0.5, 0.6) is 0 Å². The smallest absolute Gasteiger partial charge is 0.317 e. The molecule has 8 nitrogen and oxygen atoms in total. The first-order valence-corrected chi connectivity index (χ1v) is 7.69. The van der Waals surface area contributed by atoms with Gasteiger partial charge in [-0.1, -0.05) is 6.92 Å². The van der Waals surface area contributed by atoms with Gasteiger partial charge in [-0.05, 0) is 6.92 Å². The highest BCUT2D eigenvalue weighted by Gasteiger charge is 2.14. The highest BCUT2D eigenvalue weighted by atomic mass is 32.2. The first-order chi connectivity index (χ1) is 8.82. The molecule has 0 rings (SSSR count).